The number of carbonyl (C=O) groups excluding carboxylic acids is 1. The highest BCUT2D eigenvalue weighted by Crippen LogP contribution is 2.33. The number of rotatable bonds is 7. The molecule has 1 N–H and O–H groups in total. The van der Waals surface area contributed by atoms with Gasteiger partial charge in [-0.2, -0.15) is 0 Å². The monoisotopic (exact) mass is 386 g/mol. The molecule has 2 fully saturated rings. The number of piperidine rings is 1. The van der Waals surface area contributed by atoms with Gasteiger partial charge >= 0.3 is 0 Å². The molecule has 1 unspecified atom stereocenters. The first kappa shape index (κ1) is 18.5. The van der Waals surface area contributed by atoms with Crippen LogP contribution in [0.15, 0.2) is 23.1 Å². The van der Waals surface area contributed by atoms with Gasteiger partial charge in [-0.1, -0.05) is 24.4 Å². The molecule has 138 valence electrons. The highest BCUT2D eigenvalue weighted by molar-refractivity contribution is 7.89. The standard InChI is InChI=1S/C17H23ClN2O4S/c1-20-8-6-14(11-17(20)21)19-25(22,23)16-10-13(18)4-5-15(16)24-9-7-12-2-3-12/h4-5,10,12,14,19H,2-3,6-9,11H2,1H3. The molecule has 0 bridgehead atoms. The zero-order valence-corrected chi connectivity index (χ0v) is 15.8. The second kappa shape index (κ2) is 7.51. The molecule has 0 radical (unpaired) electrons. The lowest BCUT2D eigenvalue weighted by Crippen LogP contribution is -2.46. The normalized spacial score (nSPS) is 21.4. The lowest BCUT2D eigenvalue weighted by molar-refractivity contribution is -0.132. The number of benzene rings is 1. The number of carbonyl (C=O) groups is 1. The van der Waals surface area contributed by atoms with Crippen molar-refractivity contribution in [1.29, 1.82) is 0 Å². The van der Waals surface area contributed by atoms with Crippen molar-refractivity contribution in [2.24, 2.45) is 5.92 Å². The third-order valence-electron chi connectivity index (χ3n) is 4.66. The average molecular weight is 387 g/mol. The molecular formula is C17H23ClN2O4S. The summed E-state index contributed by atoms with van der Waals surface area (Å²) in [6.45, 7) is 1.02. The molecular weight excluding hydrogens is 364 g/mol. The second-order valence-electron chi connectivity index (χ2n) is 6.80. The van der Waals surface area contributed by atoms with Gasteiger partial charge in [-0.3, -0.25) is 4.79 Å². The topological polar surface area (TPSA) is 75.7 Å². The van der Waals surface area contributed by atoms with E-state index in [9.17, 15) is 13.2 Å². The Kier molecular flexibility index (Phi) is 5.55. The Bertz CT molecular complexity index is 749. The zero-order valence-electron chi connectivity index (χ0n) is 14.2. The Hall–Kier alpha value is -1.31. The largest absolute Gasteiger partial charge is 0.492 e. The number of hydrogen-bond acceptors (Lipinski definition) is 4. The van der Waals surface area contributed by atoms with E-state index < -0.39 is 16.1 Å². The number of hydrogen-bond donors (Lipinski definition) is 1. The van der Waals surface area contributed by atoms with Crippen LogP contribution in [-0.2, 0) is 14.8 Å². The van der Waals surface area contributed by atoms with Gasteiger partial charge in [-0.05, 0) is 37.0 Å². The lowest BCUT2D eigenvalue weighted by atomic mass is 10.1. The minimum atomic E-state index is -3.82. The highest BCUT2D eigenvalue weighted by Gasteiger charge is 2.29. The van der Waals surface area contributed by atoms with Crippen LogP contribution in [0.5, 0.6) is 5.75 Å². The number of nitrogens with one attached hydrogen (secondary N) is 1. The molecule has 6 nitrogen and oxygen atoms in total. The van der Waals surface area contributed by atoms with Crippen molar-refractivity contribution in [3.63, 3.8) is 0 Å². The van der Waals surface area contributed by atoms with E-state index in [1.165, 1.54) is 18.9 Å². The third kappa shape index (κ3) is 4.86. The molecule has 1 atom stereocenters. The summed E-state index contributed by atoms with van der Waals surface area (Å²) < 4.78 is 33.9. The van der Waals surface area contributed by atoms with Gasteiger partial charge in [0.15, 0.2) is 0 Å². The van der Waals surface area contributed by atoms with Crippen LogP contribution in [0, 0.1) is 5.92 Å². The van der Waals surface area contributed by atoms with Crippen molar-refractivity contribution >= 4 is 27.5 Å². The summed E-state index contributed by atoms with van der Waals surface area (Å²) in [5.74, 6) is 0.943. The van der Waals surface area contributed by atoms with Crippen LogP contribution >= 0.6 is 11.6 Å². The van der Waals surface area contributed by atoms with Crippen molar-refractivity contribution in [3.05, 3.63) is 23.2 Å². The molecule has 1 aliphatic carbocycles. The Labute approximate surface area is 153 Å². The molecule has 8 heteroatoms. The second-order valence-corrected chi connectivity index (χ2v) is 8.92. The van der Waals surface area contributed by atoms with Gasteiger partial charge in [-0.25, -0.2) is 13.1 Å². The predicted octanol–water partition coefficient (Wildman–Crippen LogP) is 2.42. The molecule has 1 amide bonds. The molecule has 1 heterocycles. The number of sulfonamides is 1. The summed E-state index contributed by atoms with van der Waals surface area (Å²) in [5, 5.41) is 0.328. The van der Waals surface area contributed by atoms with Crippen LogP contribution in [-0.4, -0.2) is 45.5 Å². The number of likely N-dealkylation sites (tertiary alicyclic amines) is 1. The van der Waals surface area contributed by atoms with E-state index in [-0.39, 0.29) is 17.2 Å². The van der Waals surface area contributed by atoms with Gasteiger partial charge < -0.3 is 9.64 Å². The maximum atomic E-state index is 12.8. The van der Waals surface area contributed by atoms with Crippen molar-refractivity contribution in [1.82, 2.24) is 9.62 Å². The van der Waals surface area contributed by atoms with Gasteiger partial charge in [0.1, 0.15) is 10.6 Å². The summed E-state index contributed by atoms with van der Waals surface area (Å²) in [7, 11) is -2.10. The molecule has 1 saturated carbocycles. The number of halogens is 1. The first-order valence-corrected chi connectivity index (χ1v) is 10.4. The number of ether oxygens (including phenoxy) is 1. The molecule has 3 rings (SSSR count). The molecule has 2 aliphatic rings. The van der Waals surface area contributed by atoms with E-state index >= 15 is 0 Å². The first-order chi connectivity index (χ1) is 11.8. The molecule has 1 aromatic rings. The predicted molar refractivity (Wildman–Crippen MR) is 95.3 cm³/mol. The summed E-state index contributed by atoms with van der Waals surface area (Å²) in [4.78, 5) is 13.4. The minimum absolute atomic E-state index is 0.0298. The Morgan fingerprint density at radius 1 is 1.32 bits per heavy atom. The lowest BCUT2D eigenvalue weighted by Gasteiger charge is -2.29. The fourth-order valence-corrected chi connectivity index (χ4v) is 4.56. The van der Waals surface area contributed by atoms with E-state index in [0.29, 0.717) is 36.3 Å². The summed E-state index contributed by atoms with van der Waals surface area (Å²) in [6.07, 6.45) is 4.12. The summed E-state index contributed by atoms with van der Waals surface area (Å²) in [6, 6.07) is 4.19. The molecule has 0 spiro atoms. The van der Waals surface area contributed by atoms with E-state index in [0.717, 1.165) is 6.42 Å². The molecule has 0 aromatic heterocycles. The van der Waals surface area contributed by atoms with Crippen molar-refractivity contribution < 1.29 is 17.9 Å². The quantitative estimate of drug-likeness (QED) is 0.780. The van der Waals surface area contributed by atoms with Gasteiger partial charge in [0.05, 0.1) is 6.61 Å². The van der Waals surface area contributed by atoms with Crippen molar-refractivity contribution in [2.45, 2.75) is 43.0 Å². The minimum Gasteiger partial charge on any atom is -0.492 e. The van der Waals surface area contributed by atoms with Gasteiger partial charge in [0.2, 0.25) is 15.9 Å². The highest BCUT2D eigenvalue weighted by atomic mass is 35.5. The first-order valence-electron chi connectivity index (χ1n) is 8.54. The van der Waals surface area contributed by atoms with E-state index in [1.54, 1.807) is 24.1 Å². The van der Waals surface area contributed by atoms with Gasteiger partial charge in [0.25, 0.3) is 0 Å². The fraction of sp³-hybridized carbons (Fsp3) is 0.588. The van der Waals surface area contributed by atoms with Crippen LogP contribution in [0.4, 0.5) is 0 Å². The molecule has 1 aliphatic heterocycles. The average Bonchev–Trinajstić information content (AvgIpc) is 3.36. The van der Waals surface area contributed by atoms with Crippen LogP contribution < -0.4 is 9.46 Å². The van der Waals surface area contributed by atoms with Crippen molar-refractivity contribution in [3.8, 4) is 5.75 Å². The summed E-state index contributed by atoms with van der Waals surface area (Å²) in [5.41, 5.74) is 0. The van der Waals surface area contributed by atoms with E-state index in [1.807, 2.05) is 0 Å². The third-order valence-corrected chi connectivity index (χ3v) is 6.43. The number of amides is 1. The molecule has 1 aromatic carbocycles. The van der Waals surface area contributed by atoms with Crippen LogP contribution in [0.2, 0.25) is 5.02 Å². The van der Waals surface area contributed by atoms with E-state index in [2.05, 4.69) is 4.72 Å². The Balaban J connectivity index is 1.73. The maximum Gasteiger partial charge on any atom is 0.244 e. The smallest absolute Gasteiger partial charge is 0.244 e. The summed E-state index contributed by atoms with van der Waals surface area (Å²) >= 11 is 5.99. The molecule has 1 saturated heterocycles. The van der Waals surface area contributed by atoms with E-state index in [4.69, 9.17) is 16.3 Å². The molecule has 25 heavy (non-hydrogen) atoms. The van der Waals surface area contributed by atoms with Crippen LogP contribution in [0.25, 0.3) is 0 Å². The number of nitrogens with zero attached hydrogens (tertiary/aromatic N) is 1. The maximum absolute atomic E-state index is 12.8. The van der Waals surface area contributed by atoms with Crippen LogP contribution in [0.3, 0.4) is 0 Å². The Morgan fingerprint density at radius 3 is 2.76 bits per heavy atom. The SMILES string of the molecule is CN1CCC(NS(=O)(=O)c2cc(Cl)ccc2OCCC2CC2)CC1=O. The van der Waals surface area contributed by atoms with Gasteiger partial charge in [0, 0.05) is 31.1 Å². The Morgan fingerprint density at radius 2 is 2.08 bits per heavy atom. The van der Waals surface area contributed by atoms with Crippen LogP contribution in [0.1, 0.15) is 32.1 Å². The fourth-order valence-electron chi connectivity index (χ4n) is 2.88. The zero-order chi connectivity index (χ0) is 18.0. The van der Waals surface area contributed by atoms with Gasteiger partial charge in [-0.15, -0.1) is 0 Å². The van der Waals surface area contributed by atoms with Crippen molar-refractivity contribution in [2.75, 3.05) is 20.2 Å².